The van der Waals surface area contributed by atoms with Gasteiger partial charge in [0.15, 0.2) is 5.82 Å². The van der Waals surface area contributed by atoms with Crippen molar-refractivity contribution >= 4 is 5.82 Å². The summed E-state index contributed by atoms with van der Waals surface area (Å²) in [6.07, 6.45) is 1.97. The molecule has 1 aliphatic heterocycles. The van der Waals surface area contributed by atoms with Gasteiger partial charge < -0.3 is 15.2 Å². The van der Waals surface area contributed by atoms with Gasteiger partial charge in [0.2, 0.25) is 5.88 Å². The summed E-state index contributed by atoms with van der Waals surface area (Å²) in [7, 11) is 0. The number of aromatic nitrogens is 2. The van der Waals surface area contributed by atoms with Crippen molar-refractivity contribution in [3.05, 3.63) is 11.9 Å². The highest BCUT2D eigenvalue weighted by Gasteiger charge is 2.21. The van der Waals surface area contributed by atoms with Crippen molar-refractivity contribution in [3.63, 3.8) is 0 Å². The molecule has 1 unspecified atom stereocenters. The summed E-state index contributed by atoms with van der Waals surface area (Å²) < 4.78 is 11.1. The maximum atomic E-state index is 5.75. The molecule has 0 amide bonds. The summed E-state index contributed by atoms with van der Waals surface area (Å²) in [4.78, 5) is 8.55. The van der Waals surface area contributed by atoms with Crippen molar-refractivity contribution in [1.82, 2.24) is 9.97 Å². The molecule has 94 valence electrons. The maximum Gasteiger partial charge on any atom is 0.218 e. The highest BCUT2D eigenvalue weighted by Crippen LogP contribution is 2.27. The molecular weight excluding hydrogens is 218 g/mol. The lowest BCUT2D eigenvalue weighted by Gasteiger charge is -2.12. The van der Waals surface area contributed by atoms with Gasteiger partial charge in [-0.2, -0.15) is 4.98 Å². The molecule has 0 spiro atoms. The summed E-state index contributed by atoms with van der Waals surface area (Å²) >= 11 is 0. The number of nitrogen functional groups attached to an aromatic ring is 1. The van der Waals surface area contributed by atoms with E-state index in [1.54, 1.807) is 6.07 Å². The summed E-state index contributed by atoms with van der Waals surface area (Å²) in [6, 6.07) is 1.65. The molecule has 0 saturated carbocycles. The second kappa shape index (κ2) is 5.31. The normalized spacial score (nSPS) is 19.8. The molecule has 5 nitrogen and oxygen atoms in total. The lowest BCUT2D eigenvalue weighted by atomic mass is 10.2. The van der Waals surface area contributed by atoms with E-state index in [9.17, 15) is 0 Å². The maximum absolute atomic E-state index is 5.75. The fourth-order valence-corrected chi connectivity index (χ4v) is 1.71. The van der Waals surface area contributed by atoms with Gasteiger partial charge in [0.05, 0.1) is 6.61 Å². The van der Waals surface area contributed by atoms with E-state index in [1.165, 1.54) is 0 Å². The molecule has 1 aliphatic rings. The fourth-order valence-electron chi connectivity index (χ4n) is 1.71. The Morgan fingerprint density at radius 3 is 3.00 bits per heavy atom. The number of nitrogens with two attached hydrogens (primary N) is 1. The van der Waals surface area contributed by atoms with E-state index >= 15 is 0 Å². The zero-order valence-electron chi connectivity index (χ0n) is 10.3. The van der Waals surface area contributed by atoms with Crippen LogP contribution in [0.3, 0.4) is 0 Å². The molecule has 1 saturated heterocycles. The molecule has 1 atom stereocenters. The zero-order valence-corrected chi connectivity index (χ0v) is 10.3. The third kappa shape index (κ3) is 3.30. The average Bonchev–Trinajstić information content (AvgIpc) is 2.79. The minimum absolute atomic E-state index is 0.0279. The summed E-state index contributed by atoms with van der Waals surface area (Å²) in [5.74, 6) is 2.07. The minimum Gasteiger partial charge on any atom is -0.477 e. The third-order valence-electron chi connectivity index (χ3n) is 2.52. The van der Waals surface area contributed by atoms with Gasteiger partial charge >= 0.3 is 0 Å². The first-order valence-electron chi connectivity index (χ1n) is 6.04. The molecule has 0 aromatic carbocycles. The van der Waals surface area contributed by atoms with Gasteiger partial charge in [-0.1, -0.05) is 13.8 Å². The van der Waals surface area contributed by atoms with Gasteiger partial charge in [0.1, 0.15) is 11.9 Å². The van der Waals surface area contributed by atoms with Gasteiger partial charge in [-0.3, -0.25) is 0 Å². The number of hydrogen-bond donors (Lipinski definition) is 1. The molecule has 1 aromatic heterocycles. The average molecular weight is 237 g/mol. The molecule has 5 heteroatoms. The lowest BCUT2D eigenvalue weighted by molar-refractivity contribution is 0.104. The van der Waals surface area contributed by atoms with Crippen LogP contribution in [0.1, 0.15) is 38.6 Å². The van der Waals surface area contributed by atoms with Crippen LogP contribution >= 0.6 is 0 Å². The van der Waals surface area contributed by atoms with E-state index in [0.29, 0.717) is 30.0 Å². The third-order valence-corrected chi connectivity index (χ3v) is 2.52. The lowest BCUT2D eigenvalue weighted by Crippen LogP contribution is -2.10. The largest absolute Gasteiger partial charge is 0.477 e. The first kappa shape index (κ1) is 12.1. The van der Waals surface area contributed by atoms with Crippen LogP contribution < -0.4 is 10.5 Å². The van der Waals surface area contributed by atoms with Crippen LogP contribution in [-0.4, -0.2) is 23.2 Å². The van der Waals surface area contributed by atoms with Gasteiger partial charge in [-0.15, -0.1) is 0 Å². The number of ether oxygens (including phenoxy) is 2. The van der Waals surface area contributed by atoms with E-state index in [-0.39, 0.29) is 6.10 Å². The Bertz CT molecular complexity index is 376. The number of hydrogen-bond acceptors (Lipinski definition) is 5. The van der Waals surface area contributed by atoms with Crippen molar-refractivity contribution in [2.45, 2.75) is 32.8 Å². The van der Waals surface area contributed by atoms with Crippen LogP contribution in [0.2, 0.25) is 0 Å². The van der Waals surface area contributed by atoms with Gasteiger partial charge in [0.25, 0.3) is 0 Å². The minimum atomic E-state index is -0.0279. The monoisotopic (exact) mass is 237 g/mol. The van der Waals surface area contributed by atoms with Gasteiger partial charge in [-0.05, 0) is 18.8 Å². The summed E-state index contributed by atoms with van der Waals surface area (Å²) in [5, 5.41) is 0. The molecule has 2 N–H and O–H groups in total. The van der Waals surface area contributed by atoms with Crippen LogP contribution in [0, 0.1) is 5.92 Å². The van der Waals surface area contributed by atoms with E-state index in [4.69, 9.17) is 15.2 Å². The second-order valence-electron chi connectivity index (χ2n) is 4.70. The Morgan fingerprint density at radius 2 is 2.35 bits per heavy atom. The van der Waals surface area contributed by atoms with Crippen molar-refractivity contribution in [1.29, 1.82) is 0 Å². The van der Waals surface area contributed by atoms with Crippen LogP contribution in [-0.2, 0) is 4.74 Å². The van der Waals surface area contributed by atoms with Gasteiger partial charge in [-0.25, -0.2) is 4.98 Å². The van der Waals surface area contributed by atoms with E-state index in [1.807, 2.05) is 0 Å². The second-order valence-corrected chi connectivity index (χ2v) is 4.70. The molecule has 17 heavy (non-hydrogen) atoms. The molecule has 1 aromatic rings. The molecule has 0 aliphatic carbocycles. The van der Waals surface area contributed by atoms with Crippen LogP contribution in [0.15, 0.2) is 6.07 Å². The van der Waals surface area contributed by atoms with Crippen molar-refractivity contribution in [2.24, 2.45) is 5.92 Å². The van der Waals surface area contributed by atoms with Crippen molar-refractivity contribution in [2.75, 3.05) is 18.9 Å². The van der Waals surface area contributed by atoms with Crippen LogP contribution in [0.5, 0.6) is 5.88 Å². The zero-order chi connectivity index (χ0) is 12.3. The Balaban J connectivity index is 2.11. The molecule has 2 rings (SSSR count). The Kier molecular flexibility index (Phi) is 3.78. The van der Waals surface area contributed by atoms with Crippen LogP contribution in [0.4, 0.5) is 5.82 Å². The molecule has 1 fully saturated rings. The van der Waals surface area contributed by atoms with E-state index in [0.717, 1.165) is 19.4 Å². The van der Waals surface area contributed by atoms with Crippen LogP contribution in [0.25, 0.3) is 0 Å². The SMILES string of the molecule is CC(C)COc1cc(N)nc(C2CCCO2)n1. The summed E-state index contributed by atoms with van der Waals surface area (Å²) in [6.45, 7) is 5.57. The van der Waals surface area contributed by atoms with Crippen molar-refractivity contribution < 1.29 is 9.47 Å². The Morgan fingerprint density at radius 1 is 1.53 bits per heavy atom. The van der Waals surface area contributed by atoms with Crippen molar-refractivity contribution in [3.8, 4) is 5.88 Å². The Labute approximate surface area is 101 Å². The molecule has 2 heterocycles. The predicted molar refractivity (Wildman–Crippen MR) is 64.7 cm³/mol. The van der Waals surface area contributed by atoms with E-state index < -0.39 is 0 Å². The number of rotatable bonds is 4. The molecule has 0 bridgehead atoms. The first-order valence-corrected chi connectivity index (χ1v) is 6.04. The summed E-state index contributed by atoms with van der Waals surface area (Å²) in [5.41, 5.74) is 5.75. The highest BCUT2D eigenvalue weighted by atomic mass is 16.5. The topological polar surface area (TPSA) is 70.3 Å². The standard InChI is InChI=1S/C12H19N3O2/c1-8(2)7-17-11-6-10(13)14-12(15-11)9-4-3-5-16-9/h6,8-9H,3-5,7H2,1-2H3,(H2,13,14,15). The first-order chi connectivity index (χ1) is 8.15. The number of anilines is 1. The van der Waals surface area contributed by atoms with Gasteiger partial charge in [0, 0.05) is 12.7 Å². The highest BCUT2D eigenvalue weighted by molar-refractivity contribution is 5.33. The smallest absolute Gasteiger partial charge is 0.218 e. The fraction of sp³-hybridized carbons (Fsp3) is 0.667. The number of nitrogens with zero attached hydrogens (tertiary/aromatic N) is 2. The predicted octanol–water partition coefficient (Wildman–Crippen LogP) is 1.95. The quantitative estimate of drug-likeness (QED) is 0.866. The Hall–Kier alpha value is -1.36. The van der Waals surface area contributed by atoms with E-state index in [2.05, 4.69) is 23.8 Å². The molecular formula is C12H19N3O2. The molecule has 0 radical (unpaired) electrons.